The molecule has 3 aliphatic heterocycles. The summed E-state index contributed by atoms with van der Waals surface area (Å²) in [5.41, 5.74) is 4.80. The molecule has 2 fully saturated rings. The number of aromatic nitrogens is 4. The van der Waals surface area contributed by atoms with Crippen molar-refractivity contribution in [3.63, 3.8) is 0 Å². The molecule has 3 aliphatic rings. The Hall–Kier alpha value is -5.94. The van der Waals surface area contributed by atoms with E-state index in [2.05, 4.69) is 60.0 Å². The third kappa shape index (κ3) is 7.58. The molecule has 17 nitrogen and oxygen atoms in total. The topological polar surface area (TPSA) is 224 Å². The molecule has 7 rings (SSSR count). The van der Waals surface area contributed by atoms with Crippen LogP contribution in [0.4, 0.5) is 9.59 Å². The van der Waals surface area contributed by atoms with Crippen LogP contribution < -0.4 is 15.4 Å². The number of alkyl carbamates (subject to hydrolysis) is 2. The number of amides is 4. The van der Waals surface area contributed by atoms with E-state index in [9.17, 15) is 29.4 Å². The van der Waals surface area contributed by atoms with Gasteiger partial charge < -0.3 is 54.8 Å². The van der Waals surface area contributed by atoms with Crippen LogP contribution >= 0.6 is 0 Å². The number of nitrogens with one attached hydrogen (secondary N) is 4. The first-order valence-corrected chi connectivity index (χ1v) is 19.4. The second-order valence-electron chi connectivity index (χ2n) is 15.6. The van der Waals surface area contributed by atoms with Gasteiger partial charge in [-0.2, -0.15) is 0 Å². The first kappa shape index (κ1) is 40.3. The van der Waals surface area contributed by atoms with Crippen molar-refractivity contribution in [1.29, 1.82) is 0 Å². The molecular formula is C41H50N8O9. The van der Waals surface area contributed by atoms with Crippen LogP contribution in [-0.2, 0) is 24.5 Å². The van der Waals surface area contributed by atoms with E-state index in [4.69, 9.17) is 4.74 Å². The fourth-order valence-corrected chi connectivity index (χ4v) is 8.27. The van der Waals surface area contributed by atoms with Gasteiger partial charge in [0.1, 0.15) is 35.2 Å². The van der Waals surface area contributed by atoms with E-state index in [0.717, 1.165) is 46.5 Å². The van der Waals surface area contributed by atoms with Gasteiger partial charge in [-0.1, -0.05) is 26.0 Å². The maximum absolute atomic E-state index is 13.5. The number of hydrogen-bond donors (Lipinski definition) is 6. The van der Waals surface area contributed by atoms with Crippen LogP contribution in [0, 0.1) is 0 Å². The van der Waals surface area contributed by atoms with Crippen LogP contribution in [0.15, 0.2) is 48.8 Å². The van der Waals surface area contributed by atoms with E-state index in [1.807, 2.05) is 30.3 Å². The maximum Gasteiger partial charge on any atom is 0.407 e. The van der Waals surface area contributed by atoms with Crippen molar-refractivity contribution in [1.82, 2.24) is 40.4 Å². The quantitative estimate of drug-likeness (QED) is 0.132. The minimum atomic E-state index is -1.16. The van der Waals surface area contributed by atoms with E-state index in [-0.39, 0.29) is 12.1 Å². The zero-order chi connectivity index (χ0) is 41.5. The number of aromatic amines is 2. The number of carbonyl (C=O) groups excluding carboxylic acids is 4. The molecule has 17 heteroatoms. The number of aliphatic hydroxyl groups is 2. The summed E-state index contributed by atoms with van der Waals surface area (Å²) < 4.78 is 15.9. The Balaban J connectivity index is 1.08. The Labute approximate surface area is 335 Å². The third-order valence-electron chi connectivity index (χ3n) is 11.5. The fourth-order valence-electron chi connectivity index (χ4n) is 8.27. The van der Waals surface area contributed by atoms with Crippen molar-refractivity contribution < 1.29 is 43.6 Å². The Bertz CT molecular complexity index is 2200. The molecule has 2 aromatic heterocycles. The van der Waals surface area contributed by atoms with E-state index in [1.54, 1.807) is 22.2 Å². The van der Waals surface area contributed by atoms with Crippen molar-refractivity contribution in [2.24, 2.45) is 0 Å². The number of imidazole rings is 2. The van der Waals surface area contributed by atoms with E-state index in [0.29, 0.717) is 49.1 Å². The lowest BCUT2D eigenvalue weighted by atomic mass is 9.75. The van der Waals surface area contributed by atoms with E-state index >= 15 is 0 Å². The number of carbonyl (C=O) groups is 4. The van der Waals surface area contributed by atoms with Crippen molar-refractivity contribution in [2.45, 2.75) is 95.2 Å². The lowest BCUT2D eigenvalue weighted by molar-refractivity contribution is -0.137. The summed E-state index contributed by atoms with van der Waals surface area (Å²) in [6.07, 6.45) is 2.46. The van der Waals surface area contributed by atoms with E-state index in [1.165, 1.54) is 28.1 Å². The zero-order valence-electron chi connectivity index (χ0n) is 33.4. The molecule has 0 bridgehead atoms. The van der Waals surface area contributed by atoms with Crippen molar-refractivity contribution in [2.75, 3.05) is 27.3 Å². The van der Waals surface area contributed by atoms with Gasteiger partial charge in [0.2, 0.25) is 11.8 Å². The van der Waals surface area contributed by atoms with E-state index < -0.39 is 53.7 Å². The largest absolute Gasteiger partial charge is 0.457 e. The van der Waals surface area contributed by atoms with Gasteiger partial charge in [0.05, 0.1) is 62.3 Å². The minimum absolute atomic E-state index is 0.358. The SMILES string of the molecule is COC(=O)N[C@H](C(=O)N1CCC[C@H]1c1ncc(-c2ccc3c(c2)Oc2ccc(-c4cnc([C@@H]5CCCN5C(=O)[C@@H](NC(=O)OC)[C@H](C)O)[nH]4)cc2C3(C)C)[nH]1)[C@H](C)O. The highest BCUT2D eigenvalue weighted by Gasteiger charge is 2.40. The predicted octanol–water partition coefficient (Wildman–Crippen LogP) is 4.44. The molecule has 4 amide bonds. The van der Waals surface area contributed by atoms with Crippen LogP contribution in [0.25, 0.3) is 22.5 Å². The van der Waals surface area contributed by atoms with Crippen LogP contribution in [0.2, 0.25) is 0 Å². The molecule has 2 saturated heterocycles. The first-order valence-electron chi connectivity index (χ1n) is 19.4. The Kier molecular flexibility index (Phi) is 11.2. The van der Waals surface area contributed by atoms with Gasteiger partial charge in [-0.15, -0.1) is 0 Å². The normalized spacial score (nSPS) is 20.2. The number of hydrogen-bond acceptors (Lipinski definition) is 11. The Morgan fingerprint density at radius 2 is 1.24 bits per heavy atom. The molecule has 0 aliphatic carbocycles. The molecule has 6 N–H and O–H groups in total. The second-order valence-corrected chi connectivity index (χ2v) is 15.6. The monoisotopic (exact) mass is 798 g/mol. The lowest BCUT2D eigenvalue weighted by Crippen LogP contribution is -2.53. The van der Waals surface area contributed by atoms with Crippen LogP contribution in [0.1, 0.15) is 88.2 Å². The molecule has 308 valence electrons. The van der Waals surface area contributed by atoms with Gasteiger partial charge in [-0.05, 0) is 63.8 Å². The number of aliphatic hydroxyl groups excluding tert-OH is 2. The predicted molar refractivity (Wildman–Crippen MR) is 210 cm³/mol. The van der Waals surface area contributed by atoms with Crippen molar-refractivity contribution in [3.8, 4) is 34.0 Å². The molecule has 6 atom stereocenters. The van der Waals surface area contributed by atoms with Crippen LogP contribution in [-0.4, -0.2) is 116 Å². The molecular weight excluding hydrogens is 748 g/mol. The highest BCUT2D eigenvalue weighted by Crippen LogP contribution is 2.50. The average Bonchev–Trinajstić information content (AvgIpc) is 4.05. The fraction of sp³-hybridized carbons (Fsp3) is 0.463. The average molecular weight is 799 g/mol. The number of methoxy groups -OCH3 is 2. The first-order chi connectivity index (χ1) is 27.7. The highest BCUT2D eigenvalue weighted by molar-refractivity contribution is 5.87. The summed E-state index contributed by atoms with van der Waals surface area (Å²) in [6.45, 7) is 8.11. The number of nitrogens with zero attached hydrogens (tertiary/aromatic N) is 4. The smallest absolute Gasteiger partial charge is 0.407 e. The Morgan fingerprint density at radius 3 is 1.72 bits per heavy atom. The second kappa shape index (κ2) is 16.1. The number of ether oxygens (including phenoxy) is 3. The highest BCUT2D eigenvalue weighted by atomic mass is 16.5. The number of rotatable bonds is 10. The standard InChI is InChI=1S/C41H50N8O9/c1-21(50)33(46-39(54)56-5)37(52)48-15-7-9-29(48)35-42-19-27(44-35)23-12-14-31-26(17-23)41(3,4)25-13-11-24(18-32(25)58-31)28-20-43-36(45-28)30-10-8-16-49(30)38(53)34(22(2)51)47-40(55)57-6/h11-14,17-22,29-30,33-34,50-51H,7-10,15-16H2,1-6H3,(H,42,44)(H,43,45)(H,46,54)(H,47,55)/t21-,22-,29-,30-,33-,34-/m0/s1. The van der Waals surface area contributed by atoms with Crippen molar-refractivity contribution in [3.05, 3.63) is 71.6 Å². The van der Waals surface area contributed by atoms with Gasteiger partial charge in [-0.3, -0.25) is 9.59 Å². The summed E-state index contributed by atoms with van der Waals surface area (Å²) in [5.74, 6) is 1.82. The summed E-state index contributed by atoms with van der Waals surface area (Å²) >= 11 is 0. The molecule has 5 heterocycles. The van der Waals surface area contributed by atoms with Gasteiger partial charge in [0, 0.05) is 40.8 Å². The molecule has 2 aromatic carbocycles. The molecule has 0 unspecified atom stereocenters. The number of fused-ring (bicyclic) bond motifs is 2. The summed E-state index contributed by atoms with van der Waals surface area (Å²) in [6, 6.07) is 8.99. The molecule has 0 spiro atoms. The van der Waals surface area contributed by atoms with Gasteiger partial charge in [0.15, 0.2) is 0 Å². The third-order valence-corrected chi connectivity index (χ3v) is 11.5. The maximum atomic E-state index is 13.5. The van der Waals surface area contributed by atoms with Gasteiger partial charge >= 0.3 is 12.2 Å². The molecule has 4 aromatic rings. The lowest BCUT2D eigenvalue weighted by Gasteiger charge is -2.35. The molecule has 58 heavy (non-hydrogen) atoms. The molecule has 0 radical (unpaired) electrons. The number of H-pyrrole nitrogens is 2. The van der Waals surface area contributed by atoms with Crippen LogP contribution in [0.5, 0.6) is 11.5 Å². The molecule has 0 saturated carbocycles. The summed E-state index contributed by atoms with van der Waals surface area (Å²) in [4.78, 5) is 70.2. The Morgan fingerprint density at radius 1 is 0.759 bits per heavy atom. The van der Waals surface area contributed by atoms with Crippen molar-refractivity contribution >= 4 is 24.0 Å². The number of benzene rings is 2. The summed E-state index contributed by atoms with van der Waals surface area (Å²) in [5, 5.41) is 25.5. The summed E-state index contributed by atoms with van der Waals surface area (Å²) in [7, 11) is 2.40. The zero-order valence-corrected chi connectivity index (χ0v) is 33.4. The van der Waals surface area contributed by atoms with Gasteiger partial charge in [0.25, 0.3) is 0 Å². The number of likely N-dealkylation sites (tertiary alicyclic amines) is 2. The van der Waals surface area contributed by atoms with Gasteiger partial charge in [-0.25, -0.2) is 19.6 Å². The minimum Gasteiger partial charge on any atom is -0.457 e. The van der Waals surface area contributed by atoms with Crippen LogP contribution in [0.3, 0.4) is 0 Å².